The van der Waals surface area contributed by atoms with Crippen molar-refractivity contribution in [1.29, 1.82) is 0 Å². The largest absolute Gasteiger partial charge is 0.487 e. The molecule has 4 rings (SSSR count). The van der Waals surface area contributed by atoms with Gasteiger partial charge in [-0.05, 0) is 67.9 Å². The molecule has 3 aromatic carbocycles. The standard InChI is InChI=1S/C28H28ClN3O6S/c1-19-4-8-22(9-5-19)28-30-26(20(2)38-28)18-37-25-14-6-21(7-15-25)16-32(17-27(33)34)39(35,36)31(3)24-12-10-23(29)11-13-24/h4-15H,16-18H2,1-3H3,(H,33,34). The second-order valence-corrected chi connectivity index (χ2v) is 11.3. The fraction of sp³-hybridized carbons (Fsp3) is 0.214. The number of aliphatic carboxylic acids is 1. The van der Waals surface area contributed by atoms with E-state index >= 15 is 0 Å². The van der Waals surface area contributed by atoms with Crippen molar-refractivity contribution in [2.24, 2.45) is 0 Å². The van der Waals surface area contributed by atoms with Gasteiger partial charge in [0.05, 0.1) is 5.69 Å². The van der Waals surface area contributed by atoms with E-state index in [4.69, 9.17) is 20.8 Å². The van der Waals surface area contributed by atoms with Crippen LogP contribution in [0.5, 0.6) is 5.75 Å². The molecule has 39 heavy (non-hydrogen) atoms. The van der Waals surface area contributed by atoms with E-state index in [9.17, 15) is 18.3 Å². The first kappa shape index (κ1) is 28.2. The van der Waals surface area contributed by atoms with E-state index in [-0.39, 0.29) is 13.2 Å². The van der Waals surface area contributed by atoms with Crippen LogP contribution in [0.4, 0.5) is 5.69 Å². The number of hydrogen-bond acceptors (Lipinski definition) is 6. The zero-order valence-electron chi connectivity index (χ0n) is 21.7. The molecule has 0 aliphatic heterocycles. The summed E-state index contributed by atoms with van der Waals surface area (Å²) < 4.78 is 40.1. The average molecular weight is 570 g/mol. The summed E-state index contributed by atoms with van der Waals surface area (Å²) in [4.78, 5) is 16.0. The molecule has 0 atom stereocenters. The topological polar surface area (TPSA) is 113 Å². The van der Waals surface area contributed by atoms with Crippen molar-refractivity contribution in [3.63, 3.8) is 0 Å². The van der Waals surface area contributed by atoms with Gasteiger partial charge in [-0.25, -0.2) is 4.98 Å². The predicted molar refractivity (Wildman–Crippen MR) is 149 cm³/mol. The van der Waals surface area contributed by atoms with Crippen LogP contribution in [0.2, 0.25) is 5.02 Å². The Kier molecular flexibility index (Phi) is 8.59. The maximum Gasteiger partial charge on any atom is 0.318 e. The summed E-state index contributed by atoms with van der Waals surface area (Å²) in [6.45, 7) is 3.18. The maximum atomic E-state index is 13.3. The second kappa shape index (κ2) is 11.9. The van der Waals surface area contributed by atoms with Crippen LogP contribution in [-0.4, -0.2) is 42.4 Å². The molecule has 0 unspecified atom stereocenters. The van der Waals surface area contributed by atoms with Crippen molar-refractivity contribution in [2.75, 3.05) is 17.9 Å². The molecule has 0 amide bonds. The summed E-state index contributed by atoms with van der Waals surface area (Å²) in [5.41, 5.74) is 3.63. The first-order chi connectivity index (χ1) is 18.5. The molecule has 0 bridgehead atoms. The number of rotatable bonds is 11. The van der Waals surface area contributed by atoms with Gasteiger partial charge in [-0.15, -0.1) is 0 Å². The van der Waals surface area contributed by atoms with Gasteiger partial charge in [0.1, 0.15) is 30.4 Å². The Morgan fingerprint density at radius 2 is 1.64 bits per heavy atom. The number of ether oxygens (including phenoxy) is 1. The van der Waals surface area contributed by atoms with Crippen LogP contribution >= 0.6 is 11.6 Å². The highest BCUT2D eigenvalue weighted by Gasteiger charge is 2.29. The lowest BCUT2D eigenvalue weighted by molar-refractivity contribution is -0.137. The zero-order chi connectivity index (χ0) is 28.2. The van der Waals surface area contributed by atoms with E-state index in [1.54, 1.807) is 48.5 Å². The fourth-order valence-corrected chi connectivity index (χ4v) is 5.20. The van der Waals surface area contributed by atoms with Crippen LogP contribution in [0.1, 0.15) is 22.6 Å². The van der Waals surface area contributed by atoms with E-state index in [1.165, 1.54) is 7.05 Å². The molecule has 9 nitrogen and oxygen atoms in total. The highest BCUT2D eigenvalue weighted by atomic mass is 35.5. The van der Waals surface area contributed by atoms with Gasteiger partial charge >= 0.3 is 16.2 Å². The van der Waals surface area contributed by atoms with Crippen LogP contribution < -0.4 is 9.04 Å². The number of carboxylic acid groups (broad SMARTS) is 1. The number of anilines is 1. The molecule has 0 fully saturated rings. The van der Waals surface area contributed by atoms with Crippen molar-refractivity contribution >= 4 is 33.5 Å². The van der Waals surface area contributed by atoms with E-state index in [1.807, 2.05) is 38.1 Å². The van der Waals surface area contributed by atoms with Gasteiger partial charge < -0.3 is 14.3 Å². The monoisotopic (exact) mass is 569 g/mol. The lowest BCUT2D eigenvalue weighted by Gasteiger charge is -2.27. The van der Waals surface area contributed by atoms with Crippen LogP contribution in [0.15, 0.2) is 77.2 Å². The molecule has 0 spiro atoms. The second-order valence-electron chi connectivity index (χ2n) is 8.93. The van der Waals surface area contributed by atoms with Crippen molar-refractivity contribution in [1.82, 2.24) is 9.29 Å². The number of aryl methyl sites for hydroxylation is 2. The third-order valence-corrected chi connectivity index (χ3v) is 8.09. The lowest BCUT2D eigenvalue weighted by Crippen LogP contribution is -2.44. The third-order valence-electron chi connectivity index (χ3n) is 6.02. The normalized spacial score (nSPS) is 11.5. The fourth-order valence-electron chi connectivity index (χ4n) is 3.76. The Morgan fingerprint density at radius 1 is 1.00 bits per heavy atom. The highest BCUT2D eigenvalue weighted by molar-refractivity contribution is 7.90. The Hall–Kier alpha value is -3.86. The number of aromatic nitrogens is 1. The minimum atomic E-state index is -4.15. The smallest absolute Gasteiger partial charge is 0.318 e. The summed E-state index contributed by atoms with van der Waals surface area (Å²) in [7, 11) is -2.79. The van der Waals surface area contributed by atoms with Gasteiger partial charge in [0.25, 0.3) is 0 Å². The quantitative estimate of drug-likeness (QED) is 0.255. The van der Waals surface area contributed by atoms with Crippen LogP contribution in [0.25, 0.3) is 11.5 Å². The first-order valence-electron chi connectivity index (χ1n) is 12.0. The van der Waals surface area contributed by atoms with Crippen LogP contribution in [-0.2, 0) is 28.2 Å². The number of nitrogens with zero attached hydrogens (tertiary/aromatic N) is 3. The van der Waals surface area contributed by atoms with Crippen molar-refractivity contribution in [2.45, 2.75) is 27.0 Å². The molecule has 11 heteroatoms. The minimum Gasteiger partial charge on any atom is -0.487 e. The SMILES string of the molecule is Cc1ccc(-c2nc(COc3ccc(CN(CC(=O)O)S(=O)(=O)N(C)c4ccc(Cl)cc4)cc3)c(C)o2)cc1. The molecule has 1 aromatic heterocycles. The molecule has 1 heterocycles. The Balaban J connectivity index is 1.43. The number of hydrogen-bond donors (Lipinski definition) is 1. The Bertz CT molecular complexity index is 1540. The van der Waals surface area contributed by atoms with Crippen LogP contribution in [0.3, 0.4) is 0 Å². The summed E-state index contributed by atoms with van der Waals surface area (Å²) in [6.07, 6.45) is 0. The van der Waals surface area contributed by atoms with Gasteiger partial charge in [-0.2, -0.15) is 12.7 Å². The highest BCUT2D eigenvalue weighted by Crippen LogP contribution is 2.25. The van der Waals surface area contributed by atoms with Crippen molar-refractivity contribution in [3.8, 4) is 17.2 Å². The van der Waals surface area contributed by atoms with Gasteiger partial charge in [-0.1, -0.05) is 41.4 Å². The molecule has 0 saturated heterocycles. The number of halogens is 1. The van der Waals surface area contributed by atoms with Gasteiger partial charge in [0.15, 0.2) is 0 Å². The summed E-state index contributed by atoms with van der Waals surface area (Å²) in [5, 5.41) is 9.83. The van der Waals surface area contributed by atoms with Crippen molar-refractivity contribution in [3.05, 3.63) is 100 Å². The van der Waals surface area contributed by atoms with E-state index in [0.29, 0.717) is 39.4 Å². The molecule has 0 aliphatic carbocycles. The molecule has 1 N–H and O–H groups in total. The number of oxazole rings is 1. The van der Waals surface area contributed by atoms with Crippen LogP contribution in [0, 0.1) is 13.8 Å². The lowest BCUT2D eigenvalue weighted by atomic mass is 10.1. The molecule has 204 valence electrons. The van der Waals surface area contributed by atoms with E-state index in [2.05, 4.69) is 4.98 Å². The van der Waals surface area contributed by atoms with Crippen molar-refractivity contribution < 1.29 is 27.5 Å². The average Bonchev–Trinajstić information content (AvgIpc) is 3.28. The summed E-state index contributed by atoms with van der Waals surface area (Å²) in [5.74, 6) is 0.450. The molecule has 4 aromatic rings. The third kappa shape index (κ3) is 6.97. The summed E-state index contributed by atoms with van der Waals surface area (Å²) in [6, 6.07) is 20.9. The first-order valence-corrected chi connectivity index (χ1v) is 13.8. The predicted octanol–water partition coefficient (Wildman–Crippen LogP) is 5.46. The Labute approximate surface area is 232 Å². The van der Waals surface area contributed by atoms with Gasteiger partial charge in [0, 0.05) is 24.2 Å². The number of benzene rings is 3. The minimum absolute atomic E-state index is 0.144. The van der Waals surface area contributed by atoms with Gasteiger partial charge in [0.2, 0.25) is 5.89 Å². The van der Waals surface area contributed by atoms with E-state index < -0.39 is 22.7 Å². The van der Waals surface area contributed by atoms with Gasteiger partial charge in [-0.3, -0.25) is 9.10 Å². The number of carbonyl (C=O) groups is 1. The molecular formula is C28H28ClN3O6S. The zero-order valence-corrected chi connectivity index (χ0v) is 23.2. The van der Waals surface area contributed by atoms with E-state index in [0.717, 1.165) is 19.7 Å². The molecule has 0 saturated carbocycles. The maximum absolute atomic E-state index is 13.3. The molecule has 0 aliphatic rings. The Morgan fingerprint density at radius 3 is 2.26 bits per heavy atom. The number of carboxylic acids is 1. The molecular weight excluding hydrogens is 542 g/mol. The molecule has 0 radical (unpaired) electrons. The summed E-state index contributed by atoms with van der Waals surface area (Å²) >= 11 is 5.90.